The van der Waals surface area contributed by atoms with Gasteiger partial charge >= 0.3 is 0 Å². The first-order valence-corrected chi connectivity index (χ1v) is 6.64. The molecule has 100 valence electrons. The first kappa shape index (κ1) is 14.5. The molecule has 0 fully saturated rings. The van der Waals surface area contributed by atoms with Crippen molar-refractivity contribution in [1.29, 1.82) is 0 Å². The van der Waals surface area contributed by atoms with Gasteiger partial charge in [-0.25, -0.2) is 0 Å². The molecule has 18 heavy (non-hydrogen) atoms. The molecule has 0 unspecified atom stereocenters. The van der Waals surface area contributed by atoms with Crippen LogP contribution in [0.15, 0.2) is 29.4 Å². The van der Waals surface area contributed by atoms with Crippen LogP contribution in [0, 0.1) is 5.92 Å². The summed E-state index contributed by atoms with van der Waals surface area (Å²) in [7, 11) is 0. The van der Waals surface area contributed by atoms with Crippen molar-refractivity contribution >= 4 is 5.96 Å². The molecule has 2 N–H and O–H groups in total. The molecule has 0 aromatic carbocycles. The van der Waals surface area contributed by atoms with Gasteiger partial charge in [0.25, 0.3) is 0 Å². The van der Waals surface area contributed by atoms with Crippen LogP contribution in [0.5, 0.6) is 0 Å². The first-order chi connectivity index (χ1) is 8.72. The lowest BCUT2D eigenvalue weighted by Gasteiger charge is -2.11. The summed E-state index contributed by atoms with van der Waals surface area (Å²) in [6.07, 6.45) is 2.74. The summed E-state index contributed by atoms with van der Waals surface area (Å²) < 4.78 is 0. The Labute approximate surface area is 110 Å². The van der Waals surface area contributed by atoms with Crippen LogP contribution in [-0.4, -0.2) is 30.6 Å². The van der Waals surface area contributed by atoms with Crippen LogP contribution in [0.2, 0.25) is 0 Å². The molecule has 4 nitrogen and oxygen atoms in total. The van der Waals surface area contributed by atoms with E-state index in [1.165, 1.54) is 0 Å². The van der Waals surface area contributed by atoms with Gasteiger partial charge in [0, 0.05) is 37.9 Å². The van der Waals surface area contributed by atoms with Crippen molar-refractivity contribution in [2.45, 2.75) is 27.2 Å². The second-order valence-corrected chi connectivity index (χ2v) is 4.61. The molecular formula is C14H24N4. The molecule has 1 rings (SSSR count). The van der Waals surface area contributed by atoms with Gasteiger partial charge in [0.1, 0.15) is 0 Å². The number of guanidine groups is 1. The number of aliphatic imine (C=N–C) groups is 1. The van der Waals surface area contributed by atoms with Crippen molar-refractivity contribution in [2.75, 3.05) is 19.6 Å². The Morgan fingerprint density at radius 1 is 1.33 bits per heavy atom. The maximum Gasteiger partial charge on any atom is 0.191 e. The van der Waals surface area contributed by atoms with Crippen LogP contribution in [0.25, 0.3) is 0 Å². The summed E-state index contributed by atoms with van der Waals surface area (Å²) in [4.78, 5) is 8.81. The number of nitrogens with one attached hydrogen (secondary N) is 2. The molecule has 1 aromatic heterocycles. The number of hydrogen-bond acceptors (Lipinski definition) is 2. The van der Waals surface area contributed by atoms with E-state index in [0.29, 0.717) is 5.92 Å². The normalized spacial score (nSPS) is 11.7. The minimum Gasteiger partial charge on any atom is -0.357 e. The predicted molar refractivity (Wildman–Crippen MR) is 76.8 cm³/mol. The summed E-state index contributed by atoms with van der Waals surface area (Å²) in [6.45, 7) is 8.99. The SMILES string of the molecule is CCNC(=NCC(C)C)NCCc1ccccn1. The summed E-state index contributed by atoms with van der Waals surface area (Å²) in [5, 5.41) is 6.57. The van der Waals surface area contributed by atoms with Gasteiger partial charge in [0.15, 0.2) is 5.96 Å². The summed E-state index contributed by atoms with van der Waals surface area (Å²) in [5.74, 6) is 1.47. The molecule has 0 aliphatic carbocycles. The van der Waals surface area contributed by atoms with Gasteiger partial charge < -0.3 is 10.6 Å². The largest absolute Gasteiger partial charge is 0.357 e. The van der Waals surface area contributed by atoms with Gasteiger partial charge in [-0.15, -0.1) is 0 Å². The summed E-state index contributed by atoms with van der Waals surface area (Å²) in [5.41, 5.74) is 1.10. The molecule has 0 aliphatic rings. The standard InChI is InChI=1S/C14H24N4/c1-4-15-14(18-11-12(2)3)17-10-8-13-7-5-6-9-16-13/h5-7,9,12H,4,8,10-11H2,1-3H3,(H2,15,17,18). The minimum absolute atomic E-state index is 0.580. The van der Waals surface area contributed by atoms with Crippen molar-refractivity contribution in [2.24, 2.45) is 10.9 Å². The molecule has 0 amide bonds. The minimum atomic E-state index is 0.580. The van der Waals surface area contributed by atoms with Crippen molar-refractivity contribution in [3.8, 4) is 0 Å². The highest BCUT2D eigenvalue weighted by molar-refractivity contribution is 5.79. The lowest BCUT2D eigenvalue weighted by molar-refractivity contribution is 0.656. The van der Waals surface area contributed by atoms with Crippen LogP contribution in [0.3, 0.4) is 0 Å². The molecule has 0 saturated carbocycles. The molecular weight excluding hydrogens is 224 g/mol. The monoisotopic (exact) mass is 248 g/mol. The molecule has 1 heterocycles. The fraction of sp³-hybridized carbons (Fsp3) is 0.571. The molecule has 0 aliphatic heterocycles. The Hall–Kier alpha value is -1.58. The second-order valence-electron chi connectivity index (χ2n) is 4.61. The van der Waals surface area contributed by atoms with Gasteiger partial charge in [-0.2, -0.15) is 0 Å². The molecule has 0 bridgehead atoms. The third kappa shape index (κ3) is 6.23. The first-order valence-electron chi connectivity index (χ1n) is 6.64. The summed E-state index contributed by atoms with van der Waals surface area (Å²) >= 11 is 0. The van der Waals surface area contributed by atoms with Gasteiger partial charge in [-0.1, -0.05) is 19.9 Å². The van der Waals surface area contributed by atoms with E-state index in [0.717, 1.165) is 37.7 Å². The molecule has 0 atom stereocenters. The van der Waals surface area contributed by atoms with E-state index >= 15 is 0 Å². The smallest absolute Gasteiger partial charge is 0.191 e. The molecule has 0 spiro atoms. The highest BCUT2D eigenvalue weighted by Gasteiger charge is 1.98. The Morgan fingerprint density at radius 3 is 2.78 bits per heavy atom. The number of hydrogen-bond donors (Lipinski definition) is 2. The van der Waals surface area contributed by atoms with Gasteiger partial charge in [-0.05, 0) is 25.0 Å². The number of aromatic nitrogens is 1. The zero-order valence-electron chi connectivity index (χ0n) is 11.6. The quantitative estimate of drug-likeness (QED) is 0.596. The van der Waals surface area contributed by atoms with Crippen molar-refractivity contribution < 1.29 is 0 Å². The van der Waals surface area contributed by atoms with Crippen LogP contribution in [-0.2, 0) is 6.42 Å². The van der Waals surface area contributed by atoms with Gasteiger partial charge in [0.2, 0.25) is 0 Å². The average Bonchev–Trinajstić information content (AvgIpc) is 2.37. The van der Waals surface area contributed by atoms with Crippen LogP contribution in [0.1, 0.15) is 26.5 Å². The van der Waals surface area contributed by atoms with E-state index in [1.54, 1.807) is 0 Å². The van der Waals surface area contributed by atoms with Crippen LogP contribution >= 0.6 is 0 Å². The lowest BCUT2D eigenvalue weighted by atomic mass is 10.2. The fourth-order valence-electron chi connectivity index (χ4n) is 1.47. The van der Waals surface area contributed by atoms with E-state index in [9.17, 15) is 0 Å². The molecule has 0 saturated heterocycles. The third-order valence-corrected chi connectivity index (χ3v) is 2.36. The number of rotatable bonds is 6. The second kappa shape index (κ2) is 8.50. The van der Waals surface area contributed by atoms with Gasteiger partial charge in [0.05, 0.1) is 0 Å². The fourth-order valence-corrected chi connectivity index (χ4v) is 1.47. The Bertz CT molecular complexity index is 346. The topological polar surface area (TPSA) is 49.3 Å². The van der Waals surface area contributed by atoms with E-state index in [4.69, 9.17) is 0 Å². The Balaban J connectivity index is 2.35. The summed E-state index contributed by atoms with van der Waals surface area (Å²) in [6, 6.07) is 5.99. The molecule has 4 heteroatoms. The Kier molecular flexibility index (Phi) is 6.84. The zero-order valence-corrected chi connectivity index (χ0v) is 11.6. The van der Waals surface area contributed by atoms with E-state index in [-0.39, 0.29) is 0 Å². The van der Waals surface area contributed by atoms with Crippen molar-refractivity contribution in [3.05, 3.63) is 30.1 Å². The number of nitrogens with zero attached hydrogens (tertiary/aromatic N) is 2. The van der Waals surface area contributed by atoms with E-state index < -0.39 is 0 Å². The molecule has 0 radical (unpaired) electrons. The maximum atomic E-state index is 4.52. The average molecular weight is 248 g/mol. The highest BCUT2D eigenvalue weighted by atomic mass is 15.2. The third-order valence-electron chi connectivity index (χ3n) is 2.36. The van der Waals surface area contributed by atoms with Crippen LogP contribution < -0.4 is 10.6 Å². The number of pyridine rings is 1. The van der Waals surface area contributed by atoms with E-state index in [1.807, 2.05) is 24.4 Å². The highest BCUT2D eigenvalue weighted by Crippen LogP contribution is 1.94. The zero-order chi connectivity index (χ0) is 13.2. The van der Waals surface area contributed by atoms with Gasteiger partial charge in [-0.3, -0.25) is 9.98 Å². The Morgan fingerprint density at radius 2 is 2.17 bits per heavy atom. The lowest BCUT2D eigenvalue weighted by Crippen LogP contribution is -2.38. The van der Waals surface area contributed by atoms with Crippen LogP contribution in [0.4, 0.5) is 0 Å². The van der Waals surface area contributed by atoms with Crippen molar-refractivity contribution in [1.82, 2.24) is 15.6 Å². The maximum absolute atomic E-state index is 4.52. The van der Waals surface area contributed by atoms with E-state index in [2.05, 4.69) is 41.4 Å². The van der Waals surface area contributed by atoms with Crippen molar-refractivity contribution in [3.63, 3.8) is 0 Å². The predicted octanol–water partition coefficient (Wildman–Crippen LogP) is 1.84. The molecule has 1 aromatic rings.